The van der Waals surface area contributed by atoms with Crippen molar-refractivity contribution in [2.24, 2.45) is 0 Å². The zero-order chi connectivity index (χ0) is 13.2. The highest BCUT2D eigenvalue weighted by molar-refractivity contribution is 5.76. The van der Waals surface area contributed by atoms with Gasteiger partial charge in [-0.05, 0) is 37.4 Å². The van der Waals surface area contributed by atoms with Crippen LogP contribution in [0.25, 0.3) is 11.1 Å². The third-order valence-electron chi connectivity index (χ3n) is 2.87. The van der Waals surface area contributed by atoms with Crippen LogP contribution in [0.3, 0.4) is 0 Å². The van der Waals surface area contributed by atoms with Crippen molar-refractivity contribution in [2.75, 3.05) is 12.8 Å². The summed E-state index contributed by atoms with van der Waals surface area (Å²) >= 11 is 0. The molecule has 2 aromatic heterocycles. The first kappa shape index (κ1) is 11.8. The number of oxazole rings is 1. The summed E-state index contributed by atoms with van der Waals surface area (Å²) in [6.45, 7) is 1.34. The third-order valence-corrected chi connectivity index (χ3v) is 2.87. The number of nitrogens with two attached hydrogens (primary N) is 1. The SMILES string of the molecule is CN(Cc1ccco1)Cc1nc2cc(N)ccc2o1. The van der Waals surface area contributed by atoms with Gasteiger partial charge in [0.05, 0.1) is 19.4 Å². The largest absolute Gasteiger partial charge is 0.468 e. The Labute approximate surface area is 110 Å². The smallest absolute Gasteiger partial charge is 0.209 e. The van der Waals surface area contributed by atoms with E-state index in [0.717, 1.165) is 16.9 Å². The van der Waals surface area contributed by atoms with Crippen molar-refractivity contribution < 1.29 is 8.83 Å². The van der Waals surface area contributed by atoms with Crippen LogP contribution < -0.4 is 5.73 Å². The number of nitrogens with zero attached hydrogens (tertiary/aromatic N) is 2. The van der Waals surface area contributed by atoms with Gasteiger partial charge in [-0.3, -0.25) is 4.90 Å². The Morgan fingerprint density at radius 2 is 2.16 bits per heavy atom. The van der Waals surface area contributed by atoms with Gasteiger partial charge in [-0.25, -0.2) is 4.98 Å². The first-order valence-corrected chi connectivity index (χ1v) is 6.06. The van der Waals surface area contributed by atoms with Crippen LogP contribution in [0, 0.1) is 0 Å². The average Bonchev–Trinajstić information content (AvgIpc) is 2.97. The van der Waals surface area contributed by atoms with Crippen molar-refractivity contribution in [3.05, 3.63) is 48.2 Å². The van der Waals surface area contributed by atoms with Gasteiger partial charge in [-0.1, -0.05) is 0 Å². The Morgan fingerprint density at radius 3 is 2.95 bits per heavy atom. The highest BCUT2D eigenvalue weighted by Gasteiger charge is 2.10. The Morgan fingerprint density at radius 1 is 1.26 bits per heavy atom. The second-order valence-corrected chi connectivity index (χ2v) is 4.59. The van der Waals surface area contributed by atoms with Crippen molar-refractivity contribution in [3.8, 4) is 0 Å². The Balaban J connectivity index is 1.74. The van der Waals surface area contributed by atoms with Crippen LogP contribution in [0.15, 0.2) is 45.4 Å². The van der Waals surface area contributed by atoms with Crippen LogP contribution in [-0.4, -0.2) is 16.9 Å². The monoisotopic (exact) mass is 257 g/mol. The fourth-order valence-corrected chi connectivity index (χ4v) is 2.02. The van der Waals surface area contributed by atoms with Gasteiger partial charge in [0.25, 0.3) is 0 Å². The fourth-order valence-electron chi connectivity index (χ4n) is 2.02. The third kappa shape index (κ3) is 2.61. The number of fused-ring (bicyclic) bond motifs is 1. The van der Waals surface area contributed by atoms with Gasteiger partial charge in [0.15, 0.2) is 5.58 Å². The van der Waals surface area contributed by atoms with Crippen molar-refractivity contribution in [2.45, 2.75) is 13.1 Å². The van der Waals surface area contributed by atoms with Gasteiger partial charge in [0.2, 0.25) is 5.89 Å². The summed E-state index contributed by atoms with van der Waals surface area (Å²) in [5.74, 6) is 1.59. The van der Waals surface area contributed by atoms with Crippen LogP contribution in [0.1, 0.15) is 11.7 Å². The number of hydrogen-bond donors (Lipinski definition) is 1. The van der Waals surface area contributed by atoms with Crippen molar-refractivity contribution >= 4 is 16.8 Å². The predicted molar refractivity (Wildman–Crippen MR) is 72.3 cm³/mol. The molecule has 1 aromatic carbocycles. The molecule has 19 heavy (non-hydrogen) atoms. The molecule has 2 heterocycles. The maximum Gasteiger partial charge on any atom is 0.209 e. The molecule has 3 aromatic rings. The first-order chi connectivity index (χ1) is 9.20. The molecule has 2 N–H and O–H groups in total. The molecule has 0 bridgehead atoms. The van der Waals surface area contributed by atoms with Crippen molar-refractivity contribution in [1.82, 2.24) is 9.88 Å². The standard InChI is InChI=1S/C14H15N3O2/c1-17(8-11-3-2-6-18-11)9-14-16-12-7-10(15)4-5-13(12)19-14/h2-7H,8-9,15H2,1H3. The van der Waals surface area contributed by atoms with Gasteiger partial charge in [0.1, 0.15) is 11.3 Å². The molecular formula is C14H15N3O2. The van der Waals surface area contributed by atoms with Gasteiger partial charge in [-0.15, -0.1) is 0 Å². The molecule has 0 saturated heterocycles. The van der Waals surface area contributed by atoms with E-state index in [1.807, 2.05) is 37.4 Å². The summed E-state index contributed by atoms with van der Waals surface area (Å²) in [4.78, 5) is 6.50. The molecule has 3 rings (SSSR count). The summed E-state index contributed by atoms with van der Waals surface area (Å²) in [5, 5.41) is 0. The predicted octanol–water partition coefficient (Wildman–Crippen LogP) is 2.63. The second-order valence-electron chi connectivity index (χ2n) is 4.59. The highest BCUT2D eigenvalue weighted by atomic mass is 16.3. The molecule has 0 radical (unpaired) electrons. The van der Waals surface area contributed by atoms with Crippen LogP contribution in [0.4, 0.5) is 5.69 Å². The minimum Gasteiger partial charge on any atom is -0.468 e. The zero-order valence-electron chi connectivity index (χ0n) is 10.7. The lowest BCUT2D eigenvalue weighted by Gasteiger charge is -2.11. The van der Waals surface area contributed by atoms with E-state index in [-0.39, 0.29) is 0 Å². The summed E-state index contributed by atoms with van der Waals surface area (Å²) in [5.41, 5.74) is 7.96. The van der Waals surface area contributed by atoms with Gasteiger partial charge in [0, 0.05) is 5.69 Å². The molecule has 0 aliphatic heterocycles. The molecule has 0 atom stereocenters. The molecule has 0 unspecified atom stereocenters. The highest BCUT2D eigenvalue weighted by Crippen LogP contribution is 2.19. The molecule has 0 fully saturated rings. The van der Waals surface area contributed by atoms with Crippen LogP contribution in [0.5, 0.6) is 0 Å². The van der Waals surface area contributed by atoms with Gasteiger partial charge in [-0.2, -0.15) is 0 Å². The average molecular weight is 257 g/mol. The minimum absolute atomic E-state index is 0.620. The van der Waals surface area contributed by atoms with Crippen molar-refractivity contribution in [1.29, 1.82) is 0 Å². The molecule has 98 valence electrons. The van der Waals surface area contributed by atoms with E-state index in [2.05, 4.69) is 9.88 Å². The maximum atomic E-state index is 5.72. The van der Waals surface area contributed by atoms with E-state index in [4.69, 9.17) is 14.6 Å². The van der Waals surface area contributed by atoms with Gasteiger partial charge >= 0.3 is 0 Å². The zero-order valence-corrected chi connectivity index (χ0v) is 10.7. The van der Waals surface area contributed by atoms with E-state index in [9.17, 15) is 0 Å². The fraction of sp³-hybridized carbons (Fsp3) is 0.214. The van der Waals surface area contributed by atoms with Crippen LogP contribution in [0.2, 0.25) is 0 Å². The summed E-state index contributed by atoms with van der Waals surface area (Å²) < 4.78 is 11.0. The number of benzene rings is 1. The normalized spacial score (nSPS) is 11.5. The number of nitrogen functional groups attached to an aromatic ring is 1. The van der Waals surface area contributed by atoms with Crippen LogP contribution >= 0.6 is 0 Å². The van der Waals surface area contributed by atoms with Gasteiger partial charge < -0.3 is 14.6 Å². The van der Waals surface area contributed by atoms with Crippen molar-refractivity contribution in [3.63, 3.8) is 0 Å². The van der Waals surface area contributed by atoms with E-state index in [1.54, 1.807) is 6.26 Å². The van der Waals surface area contributed by atoms with E-state index in [1.165, 1.54) is 0 Å². The molecule has 0 aliphatic rings. The van der Waals surface area contributed by atoms with E-state index in [0.29, 0.717) is 24.7 Å². The lowest BCUT2D eigenvalue weighted by atomic mass is 10.3. The summed E-state index contributed by atoms with van der Waals surface area (Å²) in [6, 6.07) is 9.29. The quantitative estimate of drug-likeness (QED) is 0.728. The lowest BCUT2D eigenvalue weighted by molar-refractivity contribution is 0.262. The molecule has 0 aliphatic carbocycles. The molecule has 0 spiro atoms. The minimum atomic E-state index is 0.620. The second kappa shape index (κ2) is 4.78. The molecule has 5 heteroatoms. The molecule has 0 saturated carbocycles. The maximum absolute atomic E-state index is 5.72. The summed E-state index contributed by atoms with van der Waals surface area (Å²) in [6.07, 6.45) is 1.67. The topological polar surface area (TPSA) is 68.4 Å². The Bertz CT molecular complexity index is 673. The molecule has 0 amide bonds. The van der Waals surface area contributed by atoms with Crippen LogP contribution in [-0.2, 0) is 13.1 Å². The molecular weight excluding hydrogens is 242 g/mol. The number of rotatable bonds is 4. The first-order valence-electron chi connectivity index (χ1n) is 6.06. The Kier molecular flexibility index (Phi) is 2.97. The van der Waals surface area contributed by atoms with E-state index >= 15 is 0 Å². The molecule has 5 nitrogen and oxygen atoms in total. The lowest BCUT2D eigenvalue weighted by Crippen LogP contribution is -2.16. The number of aromatic nitrogens is 1. The number of furan rings is 1. The van der Waals surface area contributed by atoms with E-state index < -0.39 is 0 Å². The number of hydrogen-bond acceptors (Lipinski definition) is 5. The Hall–Kier alpha value is -2.27. The summed E-state index contributed by atoms with van der Waals surface area (Å²) in [7, 11) is 1.99. The number of anilines is 1.